The first-order valence-electron chi connectivity index (χ1n) is 12.1. The monoisotopic (exact) mass is 480 g/mol. The molecule has 6 rings (SSSR count). The Morgan fingerprint density at radius 3 is 1.43 bits per heavy atom. The molecule has 1 heterocycles. The standard InChI is InChI=1S/C33H24N2O2/c36-29-20-19-28(21-30(29)37)33-34-31(26-15-11-24(12-16-26)22-7-3-1-4-8-22)32(35-33)27-17-13-25(14-18-27)23-9-5-2-6-10-23/h1-21,36-37H,(H,34,35). The Kier molecular flexibility index (Phi) is 5.75. The predicted octanol–water partition coefficient (Wildman–Crippen LogP) is 8.16. The Hall–Kier alpha value is -5.09. The smallest absolute Gasteiger partial charge is 0.158 e. The van der Waals surface area contributed by atoms with Gasteiger partial charge in [0.25, 0.3) is 0 Å². The van der Waals surface area contributed by atoms with E-state index >= 15 is 0 Å². The lowest BCUT2D eigenvalue weighted by Crippen LogP contribution is -1.85. The van der Waals surface area contributed by atoms with E-state index in [1.165, 1.54) is 12.1 Å². The number of aromatic amines is 1. The Bertz CT molecular complexity index is 1550. The number of phenolic OH excluding ortho intramolecular Hbond substituents is 2. The zero-order valence-corrected chi connectivity index (χ0v) is 20.0. The largest absolute Gasteiger partial charge is 0.504 e. The Labute approximate surface area is 215 Å². The van der Waals surface area contributed by atoms with Crippen molar-refractivity contribution in [1.29, 1.82) is 0 Å². The summed E-state index contributed by atoms with van der Waals surface area (Å²) < 4.78 is 0. The summed E-state index contributed by atoms with van der Waals surface area (Å²) in [7, 11) is 0. The summed E-state index contributed by atoms with van der Waals surface area (Å²) >= 11 is 0. The summed E-state index contributed by atoms with van der Waals surface area (Å²) in [6.07, 6.45) is 0. The minimum atomic E-state index is -0.184. The van der Waals surface area contributed by atoms with Crippen molar-refractivity contribution in [3.63, 3.8) is 0 Å². The van der Waals surface area contributed by atoms with Gasteiger partial charge in [0.05, 0.1) is 11.4 Å². The average Bonchev–Trinajstić information content (AvgIpc) is 3.41. The number of imidazole rings is 1. The van der Waals surface area contributed by atoms with Gasteiger partial charge in [-0.15, -0.1) is 0 Å². The van der Waals surface area contributed by atoms with Crippen LogP contribution in [0.15, 0.2) is 127 Å². The molecule has 0 fully saturated rings. The van der Waals surface area contributed by atoms with Gasteiger partial charge in [0.1, 0.15) is 5.82 Å². The third-order valence-corrected chi connectivity index (χ3v) is 6.50. The van der Waals surface area contributed by atoms with Crippen LogP contribution in [-0.2, 0) is 0 Å². The number of H-pyrrole nitrogens is 1. The molecule has 5 aromatic carbocycles. The van der Waals surface area contributed by atoms with Crippen LogP contribution in [0.25, 0.3) is 56.2 Å². The first-order valence-corrected chi connectivity index (χ1v) is 12.1. The Balaban J connectivity index is 1.44. The van der Waals surface area contributed by atoms with Crippen LogP contribution >= 0.6 is 0 Å². The molecule has 178 valence electrons. The van der Waals surface area contributed by atoms with Gasteiger partial charge in [-0.2, -0.15) is 0 Å². The fourth-order valence-corrected chi connectivity index (χ4v) is 4.51. The highest BCUT2D eigenvalue weighted by molar-refractivity contribution is 5.83. The molecule has 0 atom stereocenters. The van der Waals surface area contributed by atoms with E-state index in [1.54, 1.807) is 6.07 Å². The Morgan fingerprint density at radius 2 is 0.892 bits per heavy atom. The maximum Gasteiger partial charge on any atom is 0.158 e. The van der Waals surface area contributed by atoms with Crippen molar-refractivity contribution in [2.75, 3.05) is 0 Å². The molecule has 0 amide bonds. The first kappa shape index (κ1) is 22.4. The van der Waals surface area contributed by atoms with Gasteiger partial charge < -0.3 is 15.2 Å². The lowest BCUT2D eigenvalue weighted by molar-refractivity contribution is 0.404. The van der Waals surface area contributed by atoms with Gasteiger partial charge in [0, 0.05) is 16.7 Å². The number of rotatable bonds is 5. The summed E-state index contributed by atoms with van der Waals surface area (Å²) in [4.78, 5) is 8.39. The molecule has 0 saturated heterocycles. The van der Waals surface area contributed by atoms with Crippen LogP contribution in [0, 0.1) is 0 Å². The van der Waals surface area contributed by atoms with Gasteiger partial charge in [-0.05, 0) is 40.5 Å². The van der Waals surface area contributed by atoms with Crippen LogP contribution in [-0.4, -0.2) is 20.2 Å². The number of hydrogen-bond donors (Lipinski definition) is 3. The molecule has 0 spiro atoms. The van der Waals surface area contributed by atoms with Crippen LogP contribution in [0.2, 0.25) is 0 Å². The van der Waals surface area contributed by atoms with Crippen LogP contribution in [0.1, 0.15) is 0 Å². The number of nitrogens with one attached hydrogen (secondary N) is 1. The summed E-state index contributed by atoms with van der Waals surface area (Å²) in [6, 6.07) is 42.1. The minimum Gasteiger partial charge on any atom is -0.504 e. The number of phenols is 2. The molecule has 6 aromatic rings. The van der Waals surface area contributed by atoms with E-state index in [9.17, 15) is 10.2 Å². The molecular weight excluding hydrogens is 456 g/mol. The molecule has 3 N–H and O–H groups in total. The van der Waals surface area contributed by atoms with E-state index in [0.717, 1.165) is 44.8 Å². The maximum absolute atomic E-state index is 10.1. The SMILES string of the molecule is Oc1ccc(-c2nc(-c3ccc(-c4ccccc4)cc3)c(-c3ccc(-c4ccccc4)cc3)[nH]2)cc1O. The summed E-state index contributed by atoms with van der Waals surface area (Å²) in [5.74, 6) is 0.264. The fraction of sp³-hybridized carbons (Fsp3) is 0. The van der Waals surface area contributed by atoms with Gasteiger partial charge >= 0.3 is 0 Å². The topological polar surface area (TPSA) is 69.1 Å². The van der Waals surface area contributed by atoms with Crippen molar-refractivity contribution in [1.82, 2.24) is 9.97 Å². The predicted molar refractivity (Wildman–Crippen MR) is 149 cm³/mol. The highest BCUT2D eigenvalue weighted by Gasteiger charge is 2.17. The van der Waals surface area contributed by atoms with Gasteiger partial charge in [-0.1, -0.05) is 109 Å². The van der Waals surface area contributed by atoms with E-state index in [4.69, 9.17) is 4.98 Å². The molecule has 37 heavy (non-hydrogen) atoms. The summed E-state index contributed by atoms with van der Waals surface area (Å²) in [5.41, 5.74) is 8.96. The highest BCUT2D eigenvalue weighted by atomic mass is 16.3. The van der Waals surface area contributed by atoms with Crippen molar-refractivity contribution in [3.8, 4) is 67.7 Å². The zero-order chi connectivity index (χ0) is 25.2. The lowest BCUT2D eigenvalue weighted by Gasteiger charge is -2.07. The number of benzene rings is 5. The second kappa shape index (κ2) is 9.51. The second-order valence-electron chi connectivity index (χ2n) is 8.90. The normalized spacial score (nSPS) is 10.9. The van der Waals surface area contributed by atoms with Crippen LogP contribution in [0.4, 0.5) is 0 Å². The van der Waals surface area contributed by atoms with Crippen molar-refractivity contribution in [2.24, 2.45) is 0 Å². The molecule has 0 saturated carbocycles. The van der Waals surface area contributed by atoms with Crippen LogP contribution in [0.5, 0.6) is 11.5 Å². The van der Waals surface area contributed by atoms with E-state index < -0.39 is 0 Å². The summed E-state index contributed by atoms with van der Waals surface area (Å²) in [5, 5.41) is 19.8. The van der Waals surface area contributed by atoms with Crippen molar-refractivity contribution >= 4 is 0 Å². The molecule has 1 aromatic heterocycles. The second-order valence-corrected chi connectivity index (χ2v) is 8.90. The Morgan fingerprint density at radius 1 is 0.432 bits per heavy atom. The molecule has 0 aliphatic carbocycles. The van der Waals surface area contributed by atoms with Crippen molar-refractivity contribution in [3.05, 3.63) is 127 Å². The van der Waals surface area contributed by atoms with E-state index in [1.807, 2.05) is 36.4 Å². The minimum absolute atomic E-state index is 0.163. The zero-order valence-electron chi connectivity index (χ0n) is 20.0. The van der Waals surface area contributed by atoms with Crippen molar-refractivity contribution in [2.45, 2.75) is 0 Å². The third-order valence-electron chi connectivity index (χ3n) is 6.50. The molecule has 4 heteroatoms. The lowest BCUT2D eigenvalue weighted by atomic mass is 9.99. The van der Waals surface area contributed by atoms with Gasteiger partial charge in [-0.3, -0.25) is 0 Å². The molecule has 0 unspecified atom stereocenters. The number of aromatic hydroxyl groups is 2. The van der Waals surface area contributed by atoms with E-state index in [2.05, 4.69) is 77.8 Å². The van der Waals surface area contributed by atoms with Crippen LogP contribution in [0.3, 0.4) is 0 Å². The highest BCUT2D eigenvalue weighted by Crippen LogP contribution is 2.36. The molecule has 4 nitrogen and oxygen atoms in total. The van der Waals surface area contributed by atoms with Gasteiger partial charge in [0.15, 0.2) is 11.5 Å². The van der Waals surface area contributed by atoms with Gasteiger partial charge in [-0.25, -0.2) is 4.98 Å². The van der Waals surface area contributed by atoms with E-state index in [-0.39, 0.29) is 11.5 Å². The molecule has 0 aliphatic rings. The average molecular weight is 481 g/mol. The number of aromatic nitrogens is 2. The van der Waals surface area contributed by atoms with Gasteiger partial charge in [0.2, 0.25) is 0 Å². The molecule has 0 aliphatic heterocycles. The van der Waals surface area contributed by atoms with Crippen molar-refractivity contribution < 1.29 is 10.2 Å². The molecule has 0 bridgehead atoms. The van der Waals surface area contributed by atoms with Crippen LogP contribution < -0.4 is 0 Å². The first-order chi connectivity index (χ1) is 18.2. The molecular formula is C33H24N2O2. The molecule has 0 radical (unpaired) electrons. The fourth-order valence-electron chi connectivity index (χ4n) is 4.51. The maximum atomic E-state index is 10.1. The quantitative estimate of drug-likeness (QED) is 0.218. The van der Waals surface area contributed by atoms with E-state index in [0.29, 0.717) is 11.4 Å². The third kappa shape index (κ3) is 4.48. The number of hydrogen-bond acceptors (Lipinski definition) is 3. The summed E-state index contributed by atoms with van der Waals surface area (Å²) in [6.45, 7) is 0. The number of nitrogens with zero attached hydrogens (tertiary/aromatic N) is 1.